The average Bonchev–Trinajstić information content (AvgIpc) is 2.97. The molecule has 0 fully saturated rings. The van der Waals surface area contributed by atoms with E-state index < -0.39 is 0 Å². The molecule has 3 heterocycles. The van der Waals surface area contributed by atoms with Crippen molar-refractivity contribution in [3.63, 3.8) is 0 Å². The van der Waals surface area contributed by atoms with Crippen LogP contribution in [0.5, 0.6) is 5.75 Å². The van der Waals surface area contributed by atoms with E-state index >= 15 is 0 Å². The number of halogens is 1. The quantitative estimate of drug-likeness (QED) is 0.603. The second kappa shape index (κ2) is 6.44. The molecule has 130 valence electrons. The number of fused-ring (bicyclic) bond motifs is 1. The third-order valence-corrected chi connectivity index (χ3v) is 4.00. The minimum atomic E-state index is -0.336. The van der Waals surface area contributed by atoms with E-state index in [9.17, 15) is 4.39 Å². The highest BCUT2D eigenvalue weighted by Crippen LogP contribution is 2.25. The summed E-state index contributed by atoms with van der Waals surface area (Å²) in [5.74, 6) is 1.02. The van der Waals surface area contributed by atoms with Crippen LogP contribution >= 0.6 is 0 Å². The van der Waals surface area contributed by atoms with Crippen LogP contribution in [0.1, 0.15) is 5.69 Å². The van der Waals surface area contributed by atoms with E-state index in [2.05, 4.69) is 20.3 Å². The summed E-state index contributed by atoms with van der Waals surface area (Å²) in [5, 5.41) is 3.20. The molecule has 0 unspecified atom stereocenters. The summed E-state index contributed by atoms with van der Waals surface area (Å²) >= 11 is 0. The number of aromatic nitrogens is 4. The molecule has 0 aliphatic rings. The molecule has 0 spiro atoms. The Kier molecular flexibility index (Phi) is 3.96. The number of aryl methyl sites for hydroxylation is 1. The summed E-state index contributed by atoms with van der Waals surface area (Å²) in [6.45, 7) is 1.87. The van der Waals surface area contributed by atoms with Crippen molar-refractivity contribution in [2.24, 2.45) is 0 Å². The first kappa shape index (κ1) is 16.0. The number of benzene rings is 1. The Balaban J connectivity index is 1.71. The van der Waals surface area contributed by atoms with Crippen molar-refractivity contribution in [3.8, 4) is 17.1 Å². The molecule has 0 aliphatic heterocycles. The van der Waals surface area contributed by atoms with Crippen molar-refractivity contribution in [1.82, 2.24) is 19.4 Å². The zero-order chi connectivity index (χ0) is 18.1. The number of nitrogens with zero attached hydrogens (tertiary/aromatic N) is 4. The van der Waals surface area contributed by atoms with Gasteiger partial charge in [-0.05, 0) is 43.3 Å². The summed E-state index contributed by atoms with van der Waals surface area (Å²) in [6, 6.07) is 10.5. The smallest absolute Gasteiger partial charge is 0.149 e. The number of anilines is 2. The normalized spacial score (nSPS) is 10.9. The highest BCUT2D eigenvalue weighted by molar-refractivity contribution is 5.66. The van der Waals surface area contributed by atoms with Crippen molar-refractivity contribution in [2.45, 2.75) is 6.92 Å². The summed E-state index contributed by atoms with van der Waals surface area (Å²) < 4.78 is 20.5. The molecule has 3 aromatic heterocycles. The monoisotopic (exact) mass is 349 g/mol. The number of ether oxygens (including phenoxy) is 1. The third-order valence-electron chi connectivity index (χ3n) is 4.00. The SMILES string of the molecule is COc1ccc(Nc2cncc(-c3c(C)nc4ccc(F)cn34)n2)cc1. The molecule has 0 radical (unpaired) electrons. The van der Waals surface area contributed by atoms with Crippen LogP contribution in [0, 0.1) is 12.7 Å². The first-order chi connectivity index (χ1) is 12.6. The average molecular weight is 349 g/mol. The van der Waals surface area contributed by atoms with Crippen LogP contribution in [-0.2, 0) is 0 Å². The summed E-state index contributed by atoms with van der Waals surface area (Å²) in [7, 11) is 1.62. The molecule has 0 atom stereocenters. The summed E-state index contributed by atoms with van der Waals surface area (Å²) in [4.78, 5) is 13.3. The number of nitrogens with one attached hydrogen (secondary N) is 1. The Bertz CT molecular complexity index is 1080. The molecule has 0 aliphatic carbocycles. The van der Waals surface area contributed by atoms with Gasteiger partial charge in [0.1, 0.15) is 28.7 Å². The molecule has 26 heavy (non-hydrogen) atoms. The van der Waals surface area contributed by atoms with E-state index in [0.29, 0.717) is 22.9 Å². The van der Waals surface area contributed by atoms with Crippen LogP contribution in [0.25, 0.3) is 17.0 Å². The molecule has 4 rings (SSSR count). The lowest BCUT2D eigenvalue weighted by atomic mass is 10.2. The predicted octanol–water partition coefficient (Wildman–Crippen LogP) is 3.99. The largest absolute Gasteiger partial charge is 0.497 e. The number of rotatable bonds is 4. The van der Waals surface area contributed by atoms with Crippen LogP contribution in [0.3, 0.4) is 0 Å². The van der Waals surface area contributed by atoms with Gasteiger partial charge in [-0.2, -0.15) is 0 Å². The summed E-state index contributed by atoms with van der Waals surface area (Å²) in [5.41, 5.74) is 3.60. The summed E-state index contributed by atoms with van der Waals surface area (Å²) in [6.07, 6.45) is 4.67. The molecule has 0 saturated carbocycles. The third kappa shape index (κ3) is 2.95. The van der Waals surface area contributed by atoms with Crippen LogP contribution < -0.4 is 10.1 Å². The second-order valence-electron chi connectivity index (χ2n) is 5.76. The lowest BCUT2D eigenvalue weighted by molar-refractivity contribution is 0.415. The fourth-order valence-electron chi connectivity index (χ4n) is 2.81. The van der Waals surface area contributed by atoms with Crippen LogP contribution in [-0.4, -0.2) is 26.5 Å². The Morgan fingerprint density at radius 2 is 1.85 bits per heavy atom. The van der Waals surface area contributed by atoms with E-state index in [0.717, 1.165) is 17.1 Å². The van der Waals surface area contributed by atoms with Crippen LogP contribution in [0.2, 0.25) is 0 Å². The number of pyridine rings is 1. The van der Waals surface area contributed by atoms with Gasteiger partial charge in [0.05, 0.1) is 30.9 Å². The van der Waals surface area contributed by atoms with Crippen molar-refractivity contribution in [3.05, 3.63) is 66.5 Å². The maximum absolute atomic E-state index is 13.7. The minimum absolute atomic E-state index is 0.336. The lowest BCUT2D eigenvalue weighted by Crippen LogP contribution is -1.99. The molecule has 6 nitrogen and oxygen atoms in total. The van der Waals surface area contributed by atoms with E-state index in [1.165, 1.54) is 12.3 Å². The van der Waals surface area contributed by atoms with Gasteiger partial charge in [-0.3, -0.25) is 9.38 Å². The number of hydrogen-bond donors (Lipinski definition) is 1. The maximum atomic E-state index is 13.7. The predicted molar refractivity (Wildman–Crippen MR) is 97.2 cm³/mol. The van der Waals surface area contributed by atoms with E-state index in [-0.39, 0.29) is 5.82 Å². The van der Waals surface area contributed by atoms with Gasteiger partial charge in [-0.25, -0.2) is 14.4 Å². The van der Waals surface area contributed by atoms with Gasteiger partial charge in [0.15, 0.2) is 0 Å². The molecule has 7 heteroatoms. The molecule has 0 bridgehead atoms. The molecule has 4 aromatic rings. The standard InChI is InChI=1S/C19H16FN5O/c1-12-19(25-11-13(20)3-8-18(25)22-12)16-9-21-10-17(24-16)23-14-4-6-15(26-2)7-5-14/h3-11H,1-2H3,(H,23,24). The fraction of sp³-hybridized carbons (Fsp3) is 0.105. The van der Waals surface area contributed by atoms with Crippen LogP contribution in [0.4, 0.5) is 15.9 Å². The van der Waals surface area contributed by atoms with Crippen molar-refractivity contribution >= 4 is 17.2 Å². The molecule has 1 aromatic carbocycles. The molecule has 0 saturated heterocycles. The van der Waals surface area contributed by atoms with Gasteiger partial charge in [0.2, 0.25) is 0 Å². The maximum Gasteiger partial charge on any atom is 0.149 e. The highest BCUT2D eigenvalue weighted by atomic mass is 19.1. The highest BCUT2D eigenvalue weighted by Gasteiger charge is 2.14. The minimum Gasteiger partial charge on any atom is -0.497 e. The van der Waals surface area contributed by atoms with Gasteiger partial charge < -0.3 is 10.1 Å². The van der Waals surface area contributed by atoms with Crippen molar-refractivity contribution in [1.29, 1.82) is 0 Å². The second-order valence-corrected chi connectivity index (χ2v) is 5.76. The van der Waals surface area contributed by atoms with Crippen LogP contribution in [0.15, 0.2) is 55.0 Å². The Hall–Kier alpha value is -3.48. The number of hydrogen-bond acceptors (Lipinski definition) is 5. The zero-order valence-electron chi connectivity index (χ0n) is 14.3. The van der Waals surface area contributed by atoms with Crippen molar-refractivity contribution in [2.75, 3.05) is 12.4 Å². The fourth-order valence-corrected chi connectivity index (χ4v) is 2.81. The Morgan fingerprint density at radius 3 is 2.62 bits per heavy atom. The van der Waals surface area contributed by atoms with E-state index in [1.54, 1.807) is 30.0 Å². The van der Waals surface area contributed by atoms with E-state index in [4.69, 9.17) is 4.74 Å². The Morgan fingerprint density at radius 1 is 1.04 bits per heavy atom. The number of methoxy groups -OCH3 is 1. The lowest BCUT2D eigenvalue weighted by Gasteiger charge is -2.08. The zero-order valence-corrected chi connectivity index (χ0v) is 14.3. The molecule has 0 amide bonds. The molecule has 1 N–H and O–H groups in total. The van der Waals surface area contributed by atoms with E-state index in [1.807, 2.05) is 31.2 Å². The first-order valence-corrected chi connectivity index (χ1v) is 8.02. The van der Waals surface area contributed by atoms with Gasteiger partial charge in [-0.15, -0.1) is 0 Å². The first-order valence-electron chi connectivity index (χ1n) is 8.02. The molecular weight excluding hydrogens is 333 g/mol. The number of imidazole rings is 1. The van der Waals surface area contributed by atoms with Gasteiger partial charge in [0, 0.05) is 11.9 Å². The van der Waals surface area contributed by atoms with Crippen molar-refractivity contribution < 1.29 is 9.13 Å². The van der Waals surface area contributed by atoms with Gasteiger partial charge in [-0.1, -0.05) is 0 Å². The van der Waals surface area contributed by atoms with Gasteiger partial charge in [0.25, 0.3) is 0 Å². The Labute approximate surface area is 149 Å². The van der Waals surface area contributed by atoms with Gasteiger partial charge >= 0.3 is 0 Å². The topological polar surface area (TPSA) is 64.3 Å². The molecular formula is C19H16FN5O.